The average Bonchev–Trinajstić information content (AvgIpc) is 3.04. The molecule has 0 aromatic heterocycles. The van der Waals surface area contributed by atoms with Gasteiger partial charge in [0.05, 0.1) is 0 Å². The van der Waals surface area contributed by atoms with Crippen molar-refractivity contribution in [2.75, 3.05) is 11.9 Å². The van der Waals surface area contributed by atoms with Crippen LogP contribution < -0.4 is 10.6 Å². The number of hydrogen-bond donors (Lipinski definition) is 2. The van der Waals surface area contributed by atoms with Gasteiger partial charge in [0.15, 0.2) is 0 Å². The molecule has 0 bridgehead atoms. The standard InChI is InChI=1S/C20H23ClN2/c21-17-5-1-3-14(9-17)11-22-12-15-7-8-19-18-6-2-4-16(18)13-23-20(19)10-15/h1,3,5,7-10,16,18,22-23H,2,4,6,11-13H2. The highest BCUT2D eigenvalue weighted by Crippen LogP contribution is 2.45. The molecule has 1 heterocycles. The number of benzene rings is 2. The Morgan fingerprint density at radius 2 is 1.91 bits per heavy atom. The lowest BCUT2D eigenvalue weighted by Crippen LogP contribution is -2.24. The first-order valence-electron chi connectivity index (χ1n) is 8.61. The van der Waals surface area contributed by atoms with E-state index in [0.717, 1.165) is 36.5 Å². The molecule has 2 aromatic rings. The summed E-state index contributed by atoms with van der Waals surface area (Å²) < 4.78 is 0. The summed E-state index contributed by atoms with van der Waals surface area (Å²) in [5.41, 5.74) is 5.46. The van der Waals surface area contributed by atoms with E-state index in [9.17, 15) is 0 Å². The van der Waals surface area contributed by atoms with Crippen LogP contribution in [0.3, 0.4) is 0 Å². The number of halogens is 1. The minimum Gasteiger partial charge on any atom is -0.385 e. The third-order valence-electron chi connectivity index (χ3n) is 5.28. The van der Waals surface area contributed by atoms with Crippen molar-refractivity contribution in [3.05, 3.63) is 64.2 Å². The maximum absolute atomic E-state index is 6.03. The van der Waals surface area contributed by atoms with Crippen molar-refractivity contribution in [2.45, 2.75) is 38.3 Å². The second-order valence-electron chi connectivity index (χ2n) is 6.83. The van der Waals surface area contributed by atoms with Gasteiger partial charge in [0.2, 0.25) is 0 Å². The second-order valence-corrected chi connectivity index (χ2v) is 7.27. The number of rotatable bonds is 4. The fourth-order valence-electron chi connectivity index (χ4n) is 4.12. The van der Waals surface area contributed by atoms with E-state index in [1.165, 1.54) is 41.6 Å². The molecule has 2 N–H and O–H groups in total. The number of nitrogens with one attached hydrogen (secondary N) is 2. The SMILES string of the molecule is Clc1cccc(CNCc2ccc3c(c2)NCC2CCCC32)c1. The minimum absolute atomic E-state index is 0.791. The molecule has 2 unspecified atom stereocenters. The van der Waals surface area contributed by atoms with Gasteiger partial charge < -0.3 is 10.6 Å². The van der Waals surface area contributed by atoms with Gasteiger partial charge in [-0.1, -0.05) is 42.3 Å². The third kappa shape index (κ3) is 3.24. The Morgan fingerprint density at radius 1 is 1.04 bits per heavy atom. The molecule has 3 heteroatoms. The van der Waals surface area contributed by atoms with Gasteiger partial charge in [0, 0.05) is 30.3 Å². The van der Waals surface area contributed by atoms with Crippen LogP contribution in [0, 0.1) is 5.92 Å². The van der Waals surface area contributed by atoms with E-state index in [1.807, 2.05) is 18.2 Å². The molecule has 1 fully saturated rings. The highest BCUT2D eigenvalue weighted by atomic mass is 35.5. The molecule has 0 saturated heterocycles. The van der Waals surface area contributed by atoms with Crippen LogP contribution in [0.2, 0.25) is 5.02 Å². The second kappa shape index (κ2) is 6.54. The molecular weight excluding hydrogens is 304 g/mol. The van der Waals surface area contributed by atoms with Gasteiger partial charge in [0.1, 0.15) is 0 Å². The summed E-state index contributed by atoms with van der Waals surface area (Å²) in [6, 6.07) is 15.0. The van der Waals surface area contributed by atoms with E-state index in [-0.39, 0.29) is 0 Å². The molecule has 2 aliphatic rings. The van der Waals surface area contributed by atoms with Crippen molar-refractivity contribution in [2.24, 2.45) is 5.92 Å². The molecule has 2 atom stereocenters. The fourth-order valence-corrected chi connectivity index (χ4v) is 4.33. The van der Waals surface area contributed by atoms with E-state index in [2.05, 4.69) is 34.9 Å². The van der Waals surface area contributed by atoms with Gasteiger partial charge in [-0.2, -0.15) is 0 Å². The van der Waals surface area contributed by atoms with Crippen molar-refractivity contribution in [3.63, 3.8) is 0 Å². The number of anilines is 1. The summed E-state index contributed by atoms with van der Waals surface area (Å²) in [4.78, 5) is 0. The minimum atomic E-state index is 0.791. The van der Waals surface area contributed by atoms with E-state index in [4.69, 9.17) is 11.6 Å². The normalized spacial score (nSPS) is 22.3. The maximum Gasteiger partial charge on any atom is 0.0409 e. The molecule has 2 aromatic carbocycles. The maximum atomic E-state index is 6.03. The van der Waals surface area contributed by atoms with Crippen molar-refractivity contribution in [1.29, 1.82) is 0 Å². The van der Waals surface area contributed by atoms with Gasteiger partial charge in [-0.15, -0.1) is 0 Å². The van der Waals surface area contributed by atoms with Crippen molar-refractivity contribution in [3.8, 4) is 0 Å². The number of hydrogen-bond acceptors (Lipinski definition) is 2. The first-order valence-corrected chi connectivity index (χ1v) is 8.99. The van der Waals surface area contributed by atoms with E-state index >= 15 is 0 Å². The highest BCUT2D eigenvalue weighted by Gasteiger charge is 2.33. The Balaban J connectivity index is 1.40. The quantitative estimate of drug-likeness (QED) is 0.831. The molecule has 1 saturated carbocycles. The van der Waals surface area contributed by atoms with E-state index in [1.54, 1.807) is 0 Å². The van der Waals surface area contributed by atoms with Gasteiger partial charge in [-0.25, -0.2) is 0 Å². The predicted molar refractivity (Wildman–Crippen MR) is 97.0 cm³/mol. The molecule has 0 amide bonds. The smallest absolute Gasteiger partial charge is 0.0409 e. The number of fused-ring (bicyclic) bond motifs is 3. The third-order valence-corrected chi connectivity index (χ3v) is 5.51. The lowest BCUT2D eigenvalue weighted by atomic mass is 9.84. The van der Waals surface area contributed by atoms with Crippen LogP contribution in [0.1, 0.15) is 41.9 Å². The largest absolute Gasteiger partial charge is 0.385 e. The first-order chi connectivity index (χ1) is 11.3. The summed E-state index contributed by atoms with van der Waals surface area (Å²) in [5.74, 6) is 1.65. The summed E-state index contributed by atoms with van der Waals surface area (Å²) in [7, 11) is 0. The Hall–Kier alpha value is -1.51. The lowest BCUT2D eigenvalue weighted by Gasteiger charge is -2.30. The van der Waals surface area contributed by atoms with Gasteiger partial charge in [-0.3, -0.25) is 0 Å². The van der Waals surface area contributed by atoms with Crippen molar-refractivity contribution in [1.82, 2.24) is 5.32 Å². The predicted octanol–water partition coefficient (Wildman–Crippen LogP) is 4.94. The molecule has 0 radical (unpaired) electrons. The van der Waals surface area contributed by atoms with Gasteiger partial charge >= 0.3 is 0 Å². The van der Waals surface area contributed by atoms with E-state index in [0.29, 0.717) is 0 Å². The molecule has 4 rings (SSSR count). The Labute approximate surface area is 143 Å². The van der Waals surface area contributed by atoms with Crippen LogP contribution in [-0.4, -0.2) is 6.54 Å². The van der Waals surface area contributed by atoms with Crippen LogP contribution >= 0.6 is 11.6 Å². The van der Waals surface area contributed by atoms with E-state index < -0.39 is 0 Å². The summed E-state index contributed by atoms with van der Waals surface area (Å²) in [6.07, 6.45) is 4.14. The zero-order chi connectivity index (χ0) is 15.6. The van der Waals surface area contributed by atoms with Crippen molar-refractivity contribution < 1.29 is 0 Å². The molecule has 0 spiro atoms. The summed E-state index contributed by atoms with van der Waals surface area (Å²) >= 11 is 6.03. The van der Waals surface area contributed by atoms with Crippen LogP contribution in [0.5, 0.6) is 0 Å². The lowest BCUT2D eigenvalue weighted by molar-refractivity contribution is 0.495. The molecule has 120 valence electrons. The first kappa shape index (κ1) is 15.0. The Morgan fingerprint density at radius 3 is 2.78 bits per heavy atom. The highest BCUT2D eigenvalue weighted by molar-refractivity contribution is 6.30. The monoisotopic (exact) mass is 326 g/mol. The summed E-state index contributed by atoms with van der Waals surface area (Å²) in [5, 5.41) is 7.96. The zero-order valence-electron chi connectivity index (χ0n) is 13.3. The van der Waals surface area contributed by atoms with Crippen LogP contribution in [0.25, 0.3) is 0 Å². The molecule has 1 aliphatic carbocycles. The van der Waals surface area contributed by atoms with Crippen molar-refractivity contribution >= 4 is 17.3 Å². The van der Waals surface area contributed by atoms with Gasteiger partial charge in [-0.05, 0) is 59.6 Å². The molecule has 23 heavy (non-hydrogen) atoms. The molecule has 2 nitrogen and oxygen atoms in total. The Kier molecular flexibility index (Phi) is 4.28. The zero-order valence-corrected chi connectivity index (χ0v) is 14.1. The summed E-state index contributed by atoms with van der Waals surface area (Å²) in [6.45, 7) is 2.88. The molecular formula is C20H23ClN2. The molecule has 1 aliphatic heterocycles. The average molecular weight is 327 g/mol. The van der Waals surface area contributed by atoms with Crippen LogP contribution in [0.4, 0.5) is 5.69 Å². The van der Waals surface area contributed by atoms with Crippen LogP contribution in [-0.2, 0) is 13.1 Å². The van der Waals surface area contributed by atoms with Gasteiger partial charge in [0.25, 0.3) is 0 Å². The fraction of sp³-hybridized carbons (Fsp3) is 0.400. The van der Waals surface area contributed by atoms with Crippen LogP contribution in [0.15, 0.2) is 42.5 Å². The Bertz CT molecular complexity index is 698. The topological polar surface area (TPSA) is 24.1 Å².